The molecule has 0 bridgehead atoms. The van der Waals surface area contributed by atoms with Crippen molar-refractivity contribution in [3.05, 3.63) is 59.9 Å². The second-order valence-electron chi connectivity index (χ2n) is 5.28. The molecule has 0 aliphatic carbocycles. The molecule has 0 aliphatic heterocycles. The Bertz CT molecular complexity index is 833. The van der Waals surface area contributed by atoms with E-state index in [-0.39, 0.29) is 11.3 Å². The number of carbonyl (C=O) groups is 1. The maximum atomic E-state index is 12.9. The number of nitrogens with one attached hydrogen (secondary N) is 1. The molecule has 0 aliphatic rings. The first-order valence-electron chi connectivity index (χ1n) is 6.61. The van der Waals surface area contributed by atoms with Crippen molar-refractivity contribution in [1.82, 2.24) is 3.89 Å². The molecule has 0 unspecified atom stereocenters. The third-order valence-electron chi connectivity index (χ3n) is 3.41. The quantitative estimate of drug-likeness (QED) is 0.662. The van der Waals surface area contributed by atoms with Gasteiger partial charge in [0.25, 0.3) is 5.91 Å². The molecule has 2 aromatic rings. The third-order valence-corrected chi connectivity index (χ3v) is 4.76. The first-order valence-corrected chi connectivity index (χ1v) is 8.01. The largest absolute Gasteiger partial charge is 0.437 e. The highest BCUT2D eigenvalue weighted by molar-refractivity contribution is 7.85. The molecule has 2 rings (SSSR count). The summed E-state index contributed by atoms with van der Waals surface area (Å²) in [4.78, 5) is 12.4. The van der Waals surface area contributed by atoms with Crippen LogP contribution < -0.4 is 9.21 Å². The van der Waals surface area contributed by atoms with Crippen LogP contribution in [0.5, 0.6) is 0 Å². The Balaban J connectivity index is 2.41. The number of anilines is 1. The molecule has 0 heterocycles. The van der Waals surface area contributed by atoms with E-state index in [1.54, 1.807) is 12.1 Å². The second-order valence-corrected chi connectivity index (χ2v) is 7.09. The SMILES string of the molecule is C[N+](C)(c1ccccc1C(=O)Nc1ccc(F)cc1)S(=O)(=O)O. The standard InChI is InChI=1S/C15H15FN2O4S/c1-18(2,23(20,21)22)14-6-4-3-5-13(14)15(19)17-12-9-7-11(16)8-10-12/h3-10H,1-2H3,(H-,17,19,20,21,22)/p+1. The van der Waals surface area contributed by atoms with Crippen LogP contribution in [0, 0.1) is 5.82 Å². The molecule has 0 fully saturated rings. The number of amides is 1. The molecule has 0 aromatic heterocycles. The molecular weight excluding hydrogens is 323 g/mol. The summed E-state index contributed by atoms with van der Waals surface area (Å²) in [5.41, 5.74) is 0.553. The van der Waals surface area contributed by atoms with E-state index in [9.17, 15) is 22.2 Å². The number of halogens is 1. The van der Waals surface area contributed by atoms with E-state index in [0.29, 0.717) is 5.69 Å². The van der Waals surface area contributed by atoms with Gasteiger partial charge in [-0.25, -0.2) is 8.94 Å². The lowest BCUT2D eigenvalue weighted by atomic mass is 10.1. The number of carbonyl (C=O) groups excluding carboxylic acids is 1. The highest BCUT2D eigenvalue weighted by Crippen LogP contribution is 2.27. The van der Waals surface area contributed by atoms with Crippen LogP contribution in [0.25, 0.3) is 0 Å². The van der Waals surface area contributed by atoms with Crippen molar-refractivity contribution in [2.24, 2.45) is 0 Å². The van der Waals surface area contributed by atoms with E-state index in [1.165, 1.54) is 50.5 Å². The van der Waals surface area contributed by atoms with Crippen molar-refractivity contribution in [3.63, 3.8) is 0 Å². The smallest absolute Gasteiger partial charge is 0.322 e. The summed E-state index contributed by atoms with van der Waals surface area (Å²) >= 11 is 0. The Kier molecular flexibility index (Phi) is 4.51. The Hall–Kier alpha value is -2.29. The topological polar surface area (TPSA) is 83.5 Å². The predicted octanol–water partition coefficient (Wildman–Crippen LogP) is 2.45. The van der Waals surface area contributed by atoms with Crippen LogP contribution in [0.1, 0.15) is 10.4 Å². The lowest BCUT2D eigenvalue weighted by molar-refractivity contribution is 0.102. The molecule has 0 spiro atoms. The fraction of sp³-hybridized carbons (Fsp3) is 0.133. The summed E-state index contributed by atoms with van der Waals surface area (Å²) in [6.45, 7) is 0. The second kappa shape index (κ2) is 6.07. The molecule has 2 N–H and O–H groups in total. The van der Waals surface area contributed by atoms with Crippen molar-refractivity contribution in [2.45, 2.75) is 0 Å². The van der Waals surface area contributed by atoms with E-state index >= 15 is 0 Å². The summed E-state index contributed by atoms with van der Waals surface area (Å²) in [6, 6.07) is 11.2. The van der Waals surface area contributed by atoms with Gasteiger partial charge in [0, 0.05) is 11.8 Å². The lowest BCUT2D eigenvalue weighted by Crippen LogP contribution is -2.47. The maximum absolute atomic E-state index is 12.9. The molecule has 0 radical (unpaired) electrons. The molecule has 23 heavy (non-hydrogen) atoms. The molecule has 0 saturated heterocycles. The molecule has 0 atom stereocenters. The molecule has 2 aromatic carbocycles. The van der Waals surface area contributed by atoms with Crippen LogP contribution >= 0.6 is 0 Å². The third kappa shape index (κ3) is 3.55. The van der Waals surface area contributed by atoms with Crippen LogP contribution in [0.15, 0.2) is 48.5 Å². The minimum atomic E-state index is -4.48. The van der Waals surface area contributed by atoms with Crippen molar-refractivity contribution in [1.29, 1.82) is 0 Å². The number of hydrogen-bond donors (Lipinski definition) is 2. The average Bonchev–Trinajstić information content (AvgIpc) is 2.48. The van der Waals surface area contributed by atoms with Gasteiger partial charge in [0.15, 0.2) is 5.69 Å². The molecule has 1 amide bonds. The summed E-state index contributed by atoms with van der Waals surface area (Å²) in [5.74, 6) is -1.00. The predicted molar refractivity (Wildman–Crippen MR) is 86.0 cm³/mol. The Morgan fingerprint density at radius 2 is 1.65 bits per heavy atom. The zero-order valence-electron chi connectivity index (χ0n) is 12.5. The van der Waals surface area contributed by atoms with Gasteiger partial charge in [-0.2, -0.15) is 3.89 Å². The first-order chi connectivity index (χ1) is 10.6. The number of nitrogens with zero attached hydrogens (tertiary/aromatic N) is 1. The van der Waals surface area contributed by atoms with Crippen molar-refractivity contribution >= 4 is 27.6 Å². The minimum absolute atomic E-state index is 0.0828. The van der Waals surface area contributed by atoms with E-state index in [4.69, 9.17) is 0 Å². The Morgan fingerprint density at radius 1 is 1.09 bits per heavy atom. The molecule has 0 saturated carbocycles. The summed E-state index contributed by atoms with van der Waals surface area (Å²) in [6.07, 6.45) is 0. The van der Waals surface area contributed by atoms with Crippen LogP contribution in [-0.4, -0.2) is 33.0 Å². The van der Waals surface area contributed by atoms with Crippen molar-refractivity contribution in [3.8, 4) is 0 Å². The fourth-order valence-electron chi connectivity index (χ4n) is 1.99. The van der Waals surface area contributed by atoms with Gasteiger partial charge in [-0.15, -0.1) is 8.42 Å². The van der Waals surface area contributed by atoms with E-state index in [2.05, 4.69) is 5.32 Å². The van der Waals surface area contributed by atoms with Gasteiger partial charge < -0.3 is 5.32 Å². The monoisotopic (exact) mass is 339 g/mol. The molecule has 8 heteroatoms. The van der Waals surface area contributed by atoms with Gasteiger partial charge in [0.05, 0.1) is 14.1 Å². The first kappa shape index (κ1) is 17.1. The van der Waals surface area contributed by atoms with E-state index in [1.807, 2.05) is 0 Å². The van der Waals surface area contributed by atoms with E-state index < -0.39 is 25.9 Å². The molecular formula is C15H16FN2O4S+. The van der Waals surface area contributed by atoms with Gasteiger partial charge >= 0.3 is 10.3 Å². The maximum Gasteiger partial charge on any atom is 0.437 e. The van der Waals surface area contributed by atoms with Crippen LogP contribution in [0.4, 0.5) is 15.8 Å². The zero-order valence-corrected chi connectivity index (χ0v) is 13.3. The van der Waals surface area contributed by atoms with Gasteiger partial charge in [-0.05, 0) is 30.3 Å². The minimum Gasteiger partial charge on any atom is -0.322 e. The number of rotatable bonds is 4. The number of benzene rings is 2. The van der Waals surface area contributed by atoms with E-state index in [0.717, 1.165) is 0 Å². The fourth-order valence-corrected chi connectivity index (χ4v) is 2.40. The number of quaternary nitrogens is 1. The molecule has 6 nitrogen and oxygen atoms in total. The highest BCUT2D eigenvalue weighted by Gasteiger charge is 2.37. The van der Waals surface area contributed by atoms with Gasteiger partial charge in [-0.3, -0.25) is 4.79 Å². The van der Waals surface area contributed by atoms with Crippen LogP contribution in [0.3, 0.4) is 0 Å². The number of para-hydroxylation sites is 1. The van der Waals surface area contributed by atoms with Gasteiger partial charge in [0.1, 0.15) is 11.4 Å². The lowest BCUT2D eigenvalue weighted by Gasteiger charge is -2.25. The van der Waals surface area contributed by atoms with Gasteiger partial charge in [-0.1, -0.05) is 12.1 Å². The molecule has 122 valence electrons. The van der Waals surface area contributed by atoms with Crippen LogP contribution in [-0.2, 0) is 10.3 Å². The highest BCUT2D eigenvalue weighted by atomic mass is 32.2. The Labute approximate surface area is 133 Å². The summed E-state index contributed by atoms with van der Waals surface area (Å²) < 4.78 is 44.5. The summed E-state index contributed by atoms with van der Waals surface area (Å²) in [5, 5.41) is 2.56. The summed E-state index contributed by atoms with van der Waals surface area (Å²) in [7, 11) is -1.98. The van der Waals surface area contributed by atoms with Crippen molar-refractivity contribution < 1.29 is 22.2 Å². The average molecular weight is 339 g/mol. The van der Waals surface area contributed by atoms with Gasteiger partial charge in [0.2, 0.25) is 0 Å². The number of hydrogen-bond acceptors (Lipinski definition) is 3. The zero-order chi connectivity index (χ0) is 17.3. The van der Waals surface area contributed by atoms with Crippen molar-refractivity contribution in [2.75, 3.05) is 19.4 Å². The van der Waals surface area contributed by atoms with Crippen LogP contribution in [0.2, 0.25) is 0 Å². The normalized spacial score (nSPS) is 12.0. The Morgan fingerprint density at radius 3 is 2.22 bits per heavy atom.